The van der Waals surface area contributed by atoms with Crippen LogP contribution < -0.4 is 5.32 Å². The fraction of sp³-hybridized carbons (Fsp3) is 1.00. The molecule has 12 heavy (non-hydrogen) atoms. The third-order valence-corrected chi connectivity index (χ3v) is 3.10. The Morgan fingerprint density at radius 3 is 2.50 bits per heavy atom. The van der Waals surface area contributed by atoms with E-state index in [9.17, 15) is 5.11 Å². The molecule has 0 aromatic heterocycles. The molecular formula is C10H21NO. The Balaban J connectivity index is 2.35. The SMILES string of the molecule is CCC(O)(CC)CC1CCCN1. The van der Waals surface area contributed by atoms with Crippen molar-refractivity contribution in [1.29, 1.82) is 0 Å². The molecule has 1 rings (SSSR count). The summed E-state index contributed by atoms with van der Waals surface area (Å²) in [6.45, 7) is 5.27. The van der Waals surface area contributed by atoms with Crippen LogP contribution in [0.15, 0.2) is 0 Å². The molecule has 1 fully saturated rings. The van der Waals surface area contributed by atoms with Gasteiger partial charge in [-0.15, -0.1) is 0 Å². The van der Waals surface area contributed by atoms with E-state index in [1.807, 2.05) is 0 Å². The molecule has 1 aliphatic rings. The van der Waals surface area contributed by atoms with Gasteiger partial charge in [-0.2, -0.15) is 0 Å². The predicted molar refractivity (Wildman–Crippen MR) is 51.2 cm³/mol. The van der Waals surface area contributed by atoms with E-state index in [0.29, 0.717) is 6.04 Å². The maximum absolute atomic E-state index is 10.0. The minimum Gasteiger partial charge on any atom is -0.390 e. The van der Waals surface area contributed by atoms with Crippen LogP contribution in [-0.2, 0) is 0 Å². The molecule has 1 atom stereocenters. The van der Waals surface area contributed by atoms with Gasteiger partial charge in [0.05, 0.1) is 5.60 Å². The molecule has 0 radical (unpaired) electrons. The molecule has 72 valence electrons. The van der Waals surface area contributed by atoms with Gasteiger partial charge in [0.1, 0.15) is 0 Å². The summed E-state index contributed by atoms with van der Waals surface area (Å²) in [4.78, 5) is 0. The first kappa shape index (κ1) is 10.0. The molecule has 0 aliphatic carbocycles. The van der Waals surface area contributed by atoms with Gasteiger partial charge >= 0.3 is 0 Å². The Hall–Kier alpha value is -0.0800. The first-order chi connectivity index (χ1) is 5.70. The van der Waals surface area contributed by atoms with Crippen LogP contribution in [0.1, 0.15) is 46.0 Å². The van der Waals surface area contributed by atoms with E-state index in [4.69, 9.17) is 0 Å². The van der Waals surface area contributed by atoms with Crippen molar-refractivity contribution in [1.82, 2.24) is 5.32 Å². The fourth-order valence-electron chi connectivity index (χ4n) is 1.93. The average molecular weight is 171 g/mol. The minimum absolute atomic E-state index is 0.415. The Kier molecular flexibility index (Phi) is 3.53. The van der Waals surface area contributed by atoms with Gasteiger partial charge in [-0.1, -0.05) is 13.8 Å². The summed E-state index contributed by atoms with van der Waals surface area (Å²) in [5.74, 6) is 0. The summed E-state index contributed by atoms with van der Waals surface area (Å²) < 4.78 is 0. The Labute approximate surface area is 75.4 Å². The zero-order chi connectivity index (χ0) is 9.03. The zero-order valence-electron chi connectivity index (χ0n) is 8.27. The second-order valence-corrected chi connectivity index (χ2v) is 3.93. The molecule has 0 aromatic carbocycles. The van der Waals surface area contributed by atoms with Crippen LogP contribution in [0.3, 0.4) is 0 Å². The van der Waals surface area contributed by atoms with E-state index in [2.05, 4.69) is 19.2 Å². The van der Waals surface area contributed by atoms with E-state index in [1.54, 1.807) is 0 Å². The van der Waals surface area contributed by atoms with Crippen molar-refractivity contribution in [3.63, 3.8) is 0 Å². The van der Waals surface area contributed by atoms with E-state index < -0.39 is 5.60 Å². The second-order valence-electron chi connectivity index (χ2n) is 3.93. The number of aliphatic hydroxyl groups is 1. The molecule has 1 heterocycles. The first-order valence-corrected chi connectivity index (χ1v) is 5.16. The van der Waals surface area contributed by atoms with Crippen LogP contribution >= 0.6 is 0 Å². The predicted octanol–water partition coefficient (Wildman–Crippen LogP) is 1.68. The molecule has 1 aliphatic heterocycles. The normalized spacial score (nSPS) is 24.8. The standard InChI is InChI=1S/C10H21NO/c1-3-10(12,4-2)8-9-6-5-7-11-9/h9,11-12H,3-8H2,1-2H3. The number of hydrogen-bond acceptors (Lipinski definition) is 2. The second kappa shape index (κ2) is 4.24. The van der Waals surface area contributed by atoms with Gasteiger partial charge in [-0.25, -0.2) is 0 Å². The lowest BCUT2D eigenvalue weighted by atomic mass is 9.89. The summed E-state index contributed by atoms with van der Waals surface area (Å²) in [5.41, 5.74) is -0.415. The largest absolute Gasteiger partial charge is 0.390 e. The van der Waals surface area contributed by atoms with Crippen LogP contribution in [0, 0.1) is 0 Å². The molecule has 0 bridgehead atoms. The van der Waals surface area contributed by atoms with Gasteiger partial charge in [-0.3, -0.25) is 0 Å². The lowest BCUT2D eigenvalue weighted by Crippen LogP contribution is -2.36. The fourth-order valence-corrected chi connectivity index (χ4v) is 1.93. The van der Waals surface area contributed by atoms with Crippen molar-refractivity contribution < 1.29 is 5.11 Å². The van der Waals surface area contributed by atoms with E-state index in [-0.39, 0.29) is 0 Å². The number of rotatable bonds is 4. The molecule has 0 aromatic rings. The lowest BCUT2D eigenvalue weighted by Gasteiger charge is -2.28. The Morgan fingerprint density at radius 2 is 2.08 bits per heavy atom. The molecule has 2 N–H and O–H groups in total. The minimum atomic E-state index is -0.415. The van der Waals surface area contributed by atoms with Gasteiger partial charge in [-0.05, 0) is 38.6 Å². The van der Waals surface area contributed by atoms with Crippen LogP contribution in [0.2, 0.25) is 0 Å². The smallest absolute Gasteiger partial charge is 0.0657 e. The zero-order valence-corrected chi connectivity index (χ0v) is 8.27. The van der Waals surface area contributed by atoms with Crippen molar-refractivity contribution in [2.75, 3.05) is 6.54 Å². The lowest BCUT2D eigenvalue weighted by molar-refractivity contribution is 0.0155. The van der Waals surface area contributed by atoms with Crippen LogP contribution in [-0.4, -0.2) is 23.3 Å². The summed E-state index contributed by atoms with van der Waals surface area (Å²) >= 11 is 0. The summed E-state index contributed by atoms with van der Waals surface area (Å²) in [5, 5.41) is 13.5. The monoisotopic (exact) mass is 171 g/mol. The maximum atomic E-state index is 10.0. The quantitative estimate of drug-likeness (QED) is 0.674. The molecule has 2 nitrogen and oxygen atoms in total. The third kappa shape index (κ3) is 2.46. The van der Waals surface area contributed by atoms with Crippen LogP contribution in [0.4, 0.5) is 0 Å². The van der Waals surface area contributed by atoms with E-state index in [1.165, 1.54) is 12.8 Å². The summed E-state index contributed by atoms with van der Waals surface area (Å²) in [6, 6.07) is 0.565. The third-order valence-electron chi connectivity index (χ3n) is 3.10. The van der Waals surface area contributed by atoms with Crippen molar-refractivity contribution in [3.8, 4) is 0 Å². The van der Waals surface area contributed by atoms with Gasteiger partial charge in [0.25, 0.3) is 0 Å². The molecule has 1 unspecified atom stereocenters. The number of nitrogens with one attached hydrogen (secondary N) is 1. The number of hydrogen-bond donors (Lipinski definition) is 2. The van der Waals surface area contributed by atoms with Crippen molar-refractivity contribution in [2.45, 2.75) is 57.6 Å². The molecular weight excluding hydrogens is 150 g/mol. The topological polar surface area (TPSA) is 32.3 Å². The highest BCUT2D eigenvalue weighted by atomic mass is 16.3. The van der Waals surface area contributed by atoms with E-state index in [0.717, 1.165) is 25.8 Å². The highest BCUT2D eigenvalue weighted by Gasteiger charge is 2.27. The molecule has 1 saturated heterocycles. The maximum Gasteiger partial charge on any atom is 0.0657 e. The Morgan fingerprint density at radius 1 is 1.42 bits per heavy atom. The highest BCUT2D eigenvalue weighted by molar-refractivity contribution is 4.85. The molecule has 0 spiro atoms. The van der Waals surface area contributed by atoms with Crippen molar-refractivity contribution in [3.05, 3.63) is 0 Å². The van der Waals surface area contributed by atoms with E-state index >= 15 is 0 Å². The molecule has 2 heteroatoms. The van der Waals surface area contributed by atoms with Crippen LogP contribution in [0.25, 0.3) is 0 Å². The highest BCUT2D eigenvalue weighted by Crippen LogP contribution is 2.24. The first-order valence-electron chi connectivity index (χ1n) is 5.16. The summed E-state index contributed by atoms with van der Waals surface area (Å²) in [7, 11) is 0. The van der Waals surface area contributed by atoms with Crippen molar-refractivity contribution >= 4 is 0 Å². The average Bonchev–Trinajstić information content (AvgIpc) is 2.57. The molecule has 0 saturated carbocycles. The Bertz CT molecular complexity index is 126. The molecule has 0 amide bonds. The van der Waals surface area contributed by atoms with Crippen molar-refractivity contribution in [2.24, 2.45) is 0 Å². The van der Waals surface area contributed by atoms with Gasteiger partial charge in [0.2, 0.25) is 0 Å². The van der Waals surface area contributed by atoms with Gasteiger partial charge in [0, 0.05) is 6.04 Å². The van der Waals surface area contributed by atoms with Crippen LogP contribution in [0.5, 0.6) is 0 Å². The van der Waals surface area contributed by atoms with Gasteiger partial charge < -0.3 is 10.4 Å². The summed E-state index contributed by atoms with van der Waals surface area (Å²) in [6.07, 6.45) is 5.19. The van der Waals surface area contributed by atoms with Gasteiger partial charge in [0.15, 0.2) is 0 Å².